The van der Waals surface area contributed by atoms with Crippen LogP contribution in [0.2, 0.25) is 0 Å². The van der Waals surface area contributed by atoms with Gasteiger partial charge in [-0.25, -0.2) is 4.68 Å². The van der Waals surface area contributed by atoms with Crippen molar-refractivity contribution in [1.82, 2.24) is 14.7 Å². The second-order valence-electron chi connectivity index (χ2n) is 5.62. The molecule has 0 N–H and O–H groups in total. The van der Waals surface area contributed by atoms with Crippen LogP contribution in [0.25, 0.3) is 5.69 Å². The summed E-state index contributed by atoms with van der Waals surface area (Å²) in [5.41, 5.74) is 2.13. The van der Waals surface area contributed by atoms with Gasteiger partial charge in [0.25, 0.3) is 0 Å². The van der Waals surface area contributed by atoms with Gasteiger partial charge in [-0.3, -0.25) is 4.79 Å². The molecule has 7 heteroatoms. The first-order chi connectivity index (χ1) is 11.1. The number of benzene rings is 1. The van der Waals surface area contributed by atoms with Gasteiger partial charge in [0, 0.05) is 13.1 Å². The fraction of sp³-hybridized carbons (Fsp3) is 0.438. The Morgan fingerprint density at radius 3 is 2.74 bits per heavy atom. The molecule has 0 bridgehead atoms. The highest BCUT2D eigenvalue weighted by Crippen LogP contribution is 2.29. The van der Waals surface area contributed by atoms with Crippen LogP contribution >= 0.6 is 35.3 Å². The third-order valence-corrected chi connectivity index (χ3v) is 6.32. The number of nitrogens with zero attached hydrogens (tertiary/aromatic N) is 3. The van der Waals surface area contributed by atoms with Gasteiger partial charge >= 0.3 is 0 Å². The lowest BCUT2D eigenvalue weighted by Gasteiger charge is -2.18. The second kappa shape index (κ2) is 7.15. The van der Waals surface area contributed by atoms with Crippen molar-refractivity contribution in [3.8, 4) is 5.69 Å². The number of aryl methyl sites for hydroxylation is 1. The number of carbonyl (C=O) groups excluding carboxylic acids is 1. The van der Waals surface area contributed by atoms with Crippen molar-refractivity contribution in [2.24, 2.45) is 0 Å². The Hall–Kier alpha value is -1.18. The van der Waals surface area contributed by atoms with Crippen LogP contribution in [0.5, 0.6) is 0 Å². The number of carbonyl (C=O) groups is 1. The van der Waals surface area contributed by atoms with E-state index in [4.69, 9.17) is 12.2 Å². The molecule has 122 valence electrons. The van der Waals surface area contributed by atoms with Crippen molar-refractivity contribution in [3.63, 3.8) is 0 Å². The minimum absolute atomic E-state index is 0.126. The standard InChI is InChI=1S/C16H19N3OS3/c1-11-7-3-4-8-13(11)19-16(21)23-15(17-19)22-12(2)14(20)18-9-5-6-10-18/h3-4,7-8,12H,5-6,9-10H2,1-2H3/t12-/m1/s1. The highest BCUT2D eigenvalue weighted by atomic mass is 32.2. The van der Waals surface area contributed by atoms with Gasteiger partial charge in [-0.2, -0.15) is 0 Å². The summed E-state index contributed by atoms with van der Waals surface area (Å²) >= 11 is 8.42. The van der Waals surface area contributed by atoms with E-state index in [0.29, 0.717) is 3.95 Å². The maximum Gasteiger partial charge on any atom is 0.235 e. The Kier molecular flexibility index (Phi) is 5.18. The summed E-state index contributed by atoms with van der Waals surface area (Å²) in [5, 5.41) is 4.49. The van der Waals surface area contributed by atoms with E-state index in [1.165, 1.54) is 23.1 Å². The molecule has 0 saturated carbocycles. The first-order valence-electron chi connectivity index (χ1n) is 7.68. The summed E-state index contributed by atoms with van der Waals surface area (Å²) in [7, 11) is 0. The number of thioether (sulfide) groups is 1. The number of amides is 1. The molecule has 1 aliphatic heterocycles. The van der Waals surface area contributed by atoms with Crippen LogP contribution < -0.4 is 0 Å². The molecular weight excluding hydrogens is 346 g/mol. The summed E-state index contributed by atoms with van der Waals surface area (Å²) in [6, 6.07) is 8.04. The van der Waals surface area contributed by atoms with E-state index in [-0.39, 0.29) is 11.2 Å². The van der Waals surface area contributed by atoms with Crippen LogP contribution in [0.1, 0.15) is 25.3 Å². The van der Waals surface area contributed by atoms with Crippen molar-refractivity contribution in [1.29, 1.82) is 0 Å². The fourth-order valence-electron chi connectivity index (χ4n) is 2.66. The number of para-hydroxylation sites is 1. The van der Waals surface area contributed by atoms with Crippen molar-refractivity contribution in [2.75, 3.05) is 13.1 Å². The van der Waals surface area contributed by atoms with E-state index in [2.05, 4.69) is 5.10 Å². The number of hydrogen-bond donors (Lipinski definition) is 0. The lowest BCUT2D eigenvalue weighted by Crippen LogP contribution is -2.33. The van der Waals surface area contributed by atoms with Crippen molar-refractivity contribution in [2.45, 2.75) is 36.3 Å². The molecule has 2 aromatic rings. The minimum atomic E-state index is -0.126. The zero-order valence-electron chi connectivity index (χ0n) is 13.2. The molecule has 1 saturated heterocycles. The number of aromatic nitrogens is 2. The lowest BCUT2D eigenvalue weighted by atomic mass is 10.2. The Morgan fingerprint density at radius 1 is 1.35 bits per heavy atom. The smallest absolute Gasteiger partial charge is 0.235 e. The quantitative estimate of drug-likeness (QED) is 0.604. The summed E-state index contributed by atoms with van der Waals surface area (Å²) in [6.45, 7) is 5.77. The number of hydrogen-bond acceptors (Lipinski definition) is 5. The molecular formula is C16H19N3OS3. The molecule has 1 amide bonds. The first-order valence-corrected chi connectivity index (χ1v) is 9.78. The summed E-state index contributed by atoms with van der Waals surface area (Å²) in [4.78, 5) is 14.4. The SMILES string of the molecule is Cc1ccccc1-n1nc(S[C@H](C)C(=O)N2CCCC2)sc1=S. The average Bonchev–Trinajstić information content (AvgIpc) is 3.17. The maximum atomic E-state index is 12.4. The maximum absolute atomic E-state index is 12.4. The normalized spacial score (nSPS) is 15.8. The zero-order chi connectivity index (χ0) is 16.4. The predicted molar refractivity (Wildman–Crippen MR) is 98.1 cm³/mol. The van der Waals surface area contributed by atoms with Crippen molar-refractivity contribution < 1.29 is 4.79 Å². The molecule has 2 heterocycles. The Bertz CT molecular complexity index is 762. The molecule has 0 radical (unpaired) electrons. The van der Waals surface area contributed by atoms with Gasteiger partial charge < -0.3 is 4.90 Å². The third kappa shape index (κ3) is 3.67. The Balaban J connectivity index is 1.77. The van der Waals surface area contributed by atoms with Gasteiger partial charge in [0.2, 0.25) is 5.91 Å². The van der Waals surface area contributed by atoms with E-state index in [0.717, 1.165) is 41.5 Å². The van der Waals surface area contributed by atoms with Gasteiger partial charge in [-0.1, -0.05) is 41.3 Å². The molecule has 1 aromatic heterocycles. The zero-order valence-corrected chi connectivity index (χ0v) is 15.6. The largest absolute Gasteiger partial charge is 0.342 e. The van der Waals surface area contributed by atoms with Gasteiger partial charge in [0.1, 0.15) is 0 Å². The van der Waals surface area contributed by atoms with Gasteiger partial charge in [0.15, 0.2) is 8.29 Å². The van der Waals surface area contributed by atoms with Crippen molar-refractivity contribution in [3.05, 3.63) is 33.8 Å². The highest BCUT2D eigenvalue weighted by Gasteiger charge is 2.25. The predicted octanol–water partition coefficient (Wildman–Crippen LogP) is 4.07. The van der Waals surface area contributed by atoms with Crippen LogP contribution in [0.4, 0.5) is 0 Å². The molecule has 4 nitrogen and oxygen atoms in total. The molecule has 3 rings (SSSR count). The molecule has 1 aromatic carbocycles. The van der Waals surface area contributed by atoms with E-state index >= 15 is 0 Å². The second-order valence-corrected chi connectivity index (χ2v) is 8.84. The third-order valence-electron chi connectivity index (χ3n) is 3.92. The highest BCUT2D eigenvalue weighted by molar-refractivity contribution is 8.02. The monoisotopic (exact) mass is 365 g/mol. The Morgan fingerprint density at radius 2 is 2.04 bits per heavy atom. The Labute approximate surface area is 149 Å². The van der Waals surface area contributed by atoms with Gasteiger partial charge in [-0.15, -0.1) is 5.10 Å². The topological polar surface area (TPSA) is 38.1 Å². The van der Waals surface area contributed by atoms with Gasteiger partial charge in [0.05, 0.1) is 10.9 Å². The van der Waals surface area contributed by atoms with Gasteiger partial charge in [-0.05, 0) is 50.5 Å². The summed E-state index contributed by atoms with van der Waals surface area (Å²) in [5.74, 6) is 0.205. The van der Waals surface area contributed by atoms with Crippen LogP contribution in [0, 0.1) is 10.9 Å². The van der Waals surface area contributed by atoms with E-state index < -0.39 is 0 Å². The number of rotatable bonds is 4. The molecule has 0 aliphatic carbocycles. The van der Waals surface area contributed by atoms with E-state index in [1.807, 2.05) is 43.0 Å². The van der Waals surface area contributed by atoms with Crippen LogP contribution in [-0.4, -0.2) is 38.9 Å². The van der Waals surface area contributed by atoms with E-state index in [1.54, 1.807) is 4.68 Å². The van der Waals surface area contributed by atoms with Crippen LogP contribution in [0.3, 0.4) is 0 Å². The molecule has 1 aliphatic rings. The molecule has 0 spiro atoms. The van der Waals surface area contributed by atoms with Crippen LogP contribution in [0.15, 0.2) is 28.6 Å². The molecule has 1 atom stereocenters. The molecule has 0 unspecified atom stereocenters. The first kappa shape index (κ1) is 16.7. The summed E-state index contributed by atoms with van der Waals surface area (Å²) < 4.78 is 3.35. The average molecular weight is 366 g/mol. The fourth-order valence-corrected chi connectivity index (χ4v) is 5.23. The van der Waals surface area contributed by atoms with Crippen LogP contribution in [-0.2, 0) is 4.79 Å². The minimum Gasteiger partial charge on any atom is -0.342 e. The van der Waals surface area contributed by atoms with E-state index in [9.17, 15) is 4.79 Å². The lowest BCUT2D eigenvalue weighted by molar-refractivity contribution is -0.129. The molecule has 1 fully saturated rings. The van der Waals surface area contributed by atoms with Crippen molar-refractivity contribution >= 4 is 41.2 Å². The molecule has 23 heavy (non-hydrogen) atoms. The number of likely N-dealkylation sites (tertiary alicyclic amines) is 1. The summed E-state index contributed by atoms with van der Waals surface area (Å²) in [6.07, 6.45) is 2.23.